The van der Waals surface area contributed by atoms with Crippen LogP contribution in [0.1, 0.15) is 51.8 Å². The molecular formula is C14H20N4OS. The molecule has 2 heterocycles. The van der Waals surface area contributed by atoms with Crippen LogP contribution in [-0.4, -0.2) is 19.7 Å². The van der Waals surface area contributed by atoms with Gasteiger partial charge in [-0.15, -0.1) is 0 Å². The largest absolute Gasteiger partial charge is 0.309 e. The van der Waals surface area contributed by atoms with Crippen LogP contribution in [0.5, 0.6) is 0 Å². The minimum absolute atomic E-state index is 0.0247. The lowest BCUT2D eigenvalue weighted by Crippen LogP contribution is -2.28. The number of nitrogens with one attached hydrogen (secondary N) is 2. The van der Waals surface area contributed by atoms with Crippen LogP contribution in [0.2, 0.25) is 0 Å². The predicted octanol–water partition coefficient (Wildman–Crippen LogP) is 3.39. The van der Waals surface area contributed by atoms with Crippen molar-refractivity contribution in [1.29, 1.82) is 0 Å². The highest BCUT2D eigenvalue weighted by atomic mass is 32.1. The van der Waals surface area contributed by atoms with E-state index in [0.717, 1.165) is 12.1 Å². The second kappa shape index (κ2) is 5.75. The predicted molar refractivity (Wildman–Crippen MR) is 82.6 cm³/mol. The fourth-order valence-corrected chi connectivity index (χ4v) is 2.40. The maximum Gasteiger partial charge on any atom is 0.262 e. The number of H-pyrrole nitrogens is 2. The van der Waals surface area contributed by atoms with Gasteiger partial charge in [-0.05, 0) is 43.6 Å². The topological polar surface area (TPSA) is 66.5 Å². The summed E-state index contributed by atoms with van der Waals surface area (Å²) in [6.45, 7) is 8.32. The van der Waals surface area contributed by atoms with E-state index in [1.165, 1.54) is 0 Å². The van der Waals surface area contributed by atoms with E-state index in [4.69, 9.17) is 12.2 Å². The summed E-state index contributed by atoms with van der Waals surface area (Å²) in [7, 11) is 0. The number of aromatic amines is 2. The average molecular weight is 292 g/mol. The number of hydrogen-bond acceptors (Lipinski definition) is 3. The molecule has 0 fully saturated rings. The lowest BCUT2D eigenvalue weighted by molar-refractivity contribution is 0.484. The Balaban J connectivity index is 2.69. The molecule has 0 bridgehead atoms. The van der Waals surface area contributed by atoms with E-state index in [1.807, 2.05) is 16.7 Å². The van der Waals surface area contributed by atoms with Gasteiger partial charge >= 0.3 is 0 Å². The molecule has 5 nitrogen and oxygen atoms in total. The molecule has 0 aliphatic heterocycles. The van der Waals surface area contributed by atoms with Crippen LogP contribution in [0, 0.1) is 4.77 Å². The van der Waals surface area contributed by atoms with Crippen molar-refractivity contribution in [3.05, 3.63) is 33.0 Å². The molecule has 108 valence electrons. The number of hydrogen-bond donors (Lipinski definition) is 2. The van der Waals surface area contributed by atoms with Crippen molar-refractivity contribution >= 4 is 12.2 Å². The maximum atomic E-state index is 12.8. The smallest absolute Gasteiger partial charge is 0.262 e. The number of rotatable bonds is 4. The summed E-state index contributed by atoms with van der Waals surface area (Å²) >= 11 is 4.94. The van der Waals surface area contributed by atoms with Crippen molar-refractivity contribution in [3.63, 3.8) is 0 Å². The highest BCUT2D eigenvalue weighted by molar-refractivity contribution is 7.71. The van der Waals surface area contributed by atoms with Gasteiger partial charge in [-0.3, -0.25) is 15.0 Å². The molecular weight excluding hydrogens is 272 g/mol. The van der Waals surface area contributed by atoms with Gasteiger partial charge in [0.05, 0.1) is 5.56 Å². The van der Waals surface area contributed by atoms with Gasteiger partial charge < -0.3 is 4.57 Å². The third-order valence-electron chi connectivity index (χ3n) is 3.53. The molecule has 0 amide bonds. The molecule has 2 aromatic heterocycles. The van der Waals surface area contributed by atoms with E-state index in [9.17, 15) is 4.79 Å². The van der Waals surface area contributed by atoms with Crippen molar-refractivity contribution in [2.24, 2.45) is 0 Å². The lowest BCUT2D eigenvalue weighted by Gasteiger charge is -2.21. The second-order valence-corrected chi connectivity index (χ2v) is 5.66. The third-order valence-corrected chi connectivity index (χ3v) is 3.72. The summed E-state index contributed by atoms with van der Waals surface area (Å²) in [5.74, 6) is 0.788. The fourth-order valence-electron chi connectivity index (χ4n) is 2.25. The zero-order chi connectivity index (χ0) is 14.9. The Morgan fingerprint density at radius 1 is 1.30 bits per heavy atom. The number of nitrogens with zero attached hydrogens (tertiary/aromatic N) is 2. The van der Waals surface area contributed by atoms with Gasteiger partial charge in [-0.2, -0.15) is 4.98 Å². The summed E-state index contributed by atoms with van der Waals surface area (Å²) < 4.78 is 2.22. The summed E-state index contributed by atoms with van der Waals surface area (Å²) in [5, 5.41) is 5.57. The summed E-state index contributed by atoms with van der Waals surface area (Å²) in [6.07, 6.45) is 0.902. The molecule has 2 rings (SSSR count). The Labute approximate surface area is 123 Å². The van der Waals surface area contributed by atoms with E-state index in [2.05, 4.69) is 42.9 Å². The molecule has 0 radical (unpaired) electrons. The van der Waals surface area contributed by atoms with Crippen LogP contribution in [0.15, 0.2) is 16.9 Å². The summed E-state index contributed by atoms with van der Waals surface area (Å²) in [6, 6.07) is 3.97. The summed E-state index contributed by atoms with van der Waals surface area (Å²) in [4.78, 5) is 16.9. The minimum Gasteiger partial charge on any atom is -0.309 e. The average Bonchev–Trinajstić information content (AvgIpc) is 2.83. The molecule has 20 heavy (non-hydrogen) atoms. The molecule has 1 atom stereocenters. The molecule has 0 aromatic carbocycles. The number of pyridine rings is 1. The molecule has 6 heteroatoms. The number of aromatic nitrogens is 4. The zero-order valence-electron chi connectivity index (χ0n) is 12.2. The van der Waals surface area contributed by atoms with Gasteiger partial charge in [0.25, 0.3) is 5.56 Å². The zero-order valence-corrected chi connectivity index (χ0v) is 13.0. The van der Waals surface area contributed by atoms with Gasteiger partial charge in [-0.1, -0.05) is 20.8 Å². The molecule has 2 aromatic rings. The van der Waals surface area contributed by atoms with E-state index >= 15 is 0 Å². The first-order valence-corrected chi connectivity index (χ1v) is 7.27. The Morgan fingerprint density at radius 3 is 2.50 bits per heavy atom. The van der Waals surface area contributed by atoms with Crippen LogP contribution < -0.4 is 5.56 Å². The normalized spacial score (nSPS) is 12.8. The standard InChI is InChI=1S/C14H20N4OS/c1-5-9(4)18-11(8(2)3)7-6-10(13(18)19)12-15-14(20)17-16-12/h6-9H,5H2,1-4H3,(H2,15,16,17,20). The molecule has 0 spiro atoms. The van der Waals surface area contributed by atoms with E-state index in [-0.39, 0.29) is 11.6 Å². The first kappa shape index (κ1) is 14.7. The molecule has 1 unspecified atom stereocenters. The van der Waals surface area contributed by atoms with Gasteiger partial charge in [-0.25, -0.2) is 0 Å². The van der Waals surface area contributed by atoms with E-state index < -0.39 is 0 Å². The van der Waals surface area contributed by atoms with E-state index in [0.29, 0.717) is 22.1 Å². The molecule has 0 aliphatic rings. The molecule has 2 N–H and O–H groups in total. The molecule has 0 saturated heterocycles. The summed E-state index contributed by atoms with van der Waals surface area (Å²) in [5.41, 5.74) is 1.56. The van der Waals surface area contributed by atoms with E-state index in [1.54, 1.807) is 0 Å². The quantitative estimate of drug-likeness (QED) is 0.849. The first-order valence-electron chi connectivity index (χ1n) is 6.86. The van der Waals surface area contributed by atoms with Crippen molar-refractivity contribution in [3.8, 4) is 11.4 Å². The van der Waals surface area contributed by atoms with Gasteiger partial charge in [0.2, 0.25) is 4.77 Å². The third kappa shape index (κ3) is 2.60. The SMILES string of the molecule is CCC(C)n1c(C(C)C)ccc(-c2nc(=S)[nH][nH]2)c1=O. The Bertz CT molecular complexity index is 710. The molecule has 0 aliphatic carbocycles. The van der Waals surface area contributed by atoms with Crippen molar-refractivity contribution in [2.45, 2.75) is 46.1 Å². The highest BCUT2D eigenvalue weighted by Gasteiger charge is 2.17. The van der Waals surface area contributed by atoms with Crippen LogP contribution in [0.25, 0.3) is 11.4 Å². The maximum absolute atomic E-state index is 12.8. The minimum atomic E-state index is -0.0247. The van der Waals surface area contributed by atoms with Crippen molar-refractivity contribution < 1.29 is 0 Å². The Hall–Kier alpha value is -1.69. The van der Waals surface area contributed by atoms with Crippen molar-refractivity contribution in [1.82, 2.24) is 19.7 Å². The van der Waals surface area contributed by atoms with Gasteiger partial charge in [0, 0.05) is 11.7 Å². The van der Waals surface area contributed by atoms with Gasteiger partial charge in [0.15, 0.2) is 5.82 Å². The fraction of sp³-hybridized carbons (Fsp3) is 0.500. The van der Waals surface area contributed by atoms with Crippen LogP contribution in [0.4, 0.5) is 0 Å². The first-order chi connectivity index (χ1) is 9.45. The lowest BCUT2D eigenvalue weighted by atomic mass is 10.1. The van der Waals surface area contributed by atoms with Crippen LogP contribution >= 0.6 is 12.2 Å². The molecule has 0 saturated carbocycles. The van der Waals surface area contributed by atoms with Crippen LogP contribution in [0.3, 0.4) is 0 Å². The Morgan fingerprint density at radius 2 is 2.00 bits per heavy atom. The highest BCUT2D eigenvalue weighted by Crippen LogP contribution is 2.21. The van der Waals surface area contributed by atoms with Crippen molar-refractivity contribution in [2.75, 3.05) is 0 Å². The second-order valence-electron chi connectivity index (χ2n) is 5.27. The van der Waals surface area contributed by atoms with Crippen LogP contribution in [-0.2, 0) is 0 Å². The monoisotopic (exact) mass is 292 g/mol. The Kier molecular flexibility index (Phi) is 4.23. The van der Waals surface area contributed by atoms with Gasteiger partial charge in [0.1, 0.15) is 0 Å².